The first kappa shape index (κ1) is 21.7. The van der Waals surface area contributed by atoms with Crippen molar-refractivity contribution in [3.63, 3.8) is 0 Å². The lowest BCUT2D eigenvalue weighted by Gasteiger charge is -2.07. The highest BCUT2D eigenvalue weighted by Crippen LogP contribution is 2.25. The zero-order chi connectivity index (χ0) is 23.5. The second-order valence-electron chi connectivity index (χ2n) is 7.29. The SMILES string of the molecule is Cn1cc(C(=O)OCCCn2c(=O)[nH]c3ccccc3c2=O)c(-c2ccc([N+](=O)[O-])cc2)n1. The normalized spacial score (nSPS) is 10.9. The Bertz CT molecular complexity index is 1470. The van der Waals surface area contributed by atoms with Crippen molar-refractivity contribution in [2.75, 3.05) is 6.61 Å². The van der Waals surface area contributed by atoms with E-state index in [0.717, 1.165) is 4.57 Å². The standard InChI is InChI=1S/C22H19N5O6/c1-25-13-17(19(24-25)14-7-9-15(10-8-14)27(31)32)21(29)33-12-4-11-26-20(28)16-5-2-3-6-18(16)23-22(26)30/h2-3,5-10,13H,4,11-12H2,1H3,(H,23,30). The molecule has 2 heterocycles. The summed E-state index contributed by atoms with van der Waals surface area (Å²) in [6.45, 7) is 0.0562. The summed E-state index contributed by atoms with van der Waals surface area (Å²) in [5.41, 5.74) is 0.517. The Kier molecular flexibility index (Phi) is 5.85. The molecule has 0 atom stereocenters. The average molecular weight is 449 g/mol. The maximum atomic E-state index is 12.6. The number of nitro benzene ring substituents is 1. The predicted molar refractivity (Wildman–Crippen MR) is 119 cm³/mol. The van der Waals surface area contributed by atoms with E-state index in [9.17, 15) is 24.5 Å². The first-order chi connectivity index (χ1) is 15.8. The second kappa shape index (κ2) is 8.91. The molecule has 0 saturated heterocycles. The van der Waals surface area contributed by atoms with Crippen LogP contribution in [0.15, 0.2) is 64.3 Å². The van der Waals surface area contributed by atoms with Crippen LogP contribution in [0.2, 0.25) is 0 Å². The van der Waals surface area contributed by atoms with Gasteiger partial charge in [-0.1, -0.05) is 12.1 Å². The third kappa shape index (κ3) is 4.42. The van der Waals surface area contributed by atoms with Crippen LogP contribution in [0.3, 0.4) is 0 Å². The van der Waals surface area contributed by atoms with Gasteiger partial charge in [0.2, 0.25) is 0 Å². The highest BCUT2D eigenvalue weighted by atomic mass is 16.6. The number of hydrogen-bond acceptors (Lipinski definition) is 7. The molecule has 4 aromatic rings. The number of H-pyrrole nitrogens is 1. The molecule has 0 amide bonds. The van der Waals surface area contributed by atoms with E-state index in [1.54, 1.807) is 31.3 Å². The van der Waals surface area contributed by atoms with Crippen LogP contribution in [0.25, 0.3) is 22.2 Å². The number of benzene rings is 2. The molecule has 11 heteroatoms. The van der Waals surface area contributed by atoms with E-state index in [-0.39, 0.29) is 30.8 Å². The number of hydrogen-bond donors (Lipinski definition) is 1. The monoisotopic (exact) mass is 449 g/mol. The van der Waals surface area contributed by atoms with Gasteiger partial charge in [0.05, 0.1) is 22.4 Å². The summed E-state index contributed by atoms with van der Waals surface area (Å²) >= 11 is 0. The van der Waals surface area contributed by atoms with Crippen molar-refractivity contribution in [1.82, 2.24) is 19.3 Å². The molecule has 0 saturated carbocycles. The number of nitro groups is 1. The summed E-state index contributed by atoms with van der Waals surface area (Å²) in [5, 5.41) is 15.5. The van der Waals surface area contributed by atoms with Crippen LogP contribution in [-0.4, -0.2) is 36.8 Å². The van der Waals surface area contributed by atoms with Gasteiger partial charge in [-0.25, -0.2) is 9.59 Å². The van der Waals surface area contributed by atoms with E-state index in [0.29, 0.717) is 22.2 Å². The van der Waals surface area contributed by atoms with Crippen LogP contribution in [0, 0.1) is 10.1 Å². The van der Waals surface area contributed by atoms with Crippen molar-refractivity contribution in [1.29, 1.82) is 0 Å². The van der Waals surface area contributed by atoms with Gasteiger partial charge in [-0.2, -0.15) is 5.10 Å². The third-order valence-corrected chi connectivity index (χ3v) is 5.05. The van der Waals surface area contributed by atoms with Crippen LogP contribution < -0.4 is 11.2 Å². The van der Waals surface area contributed by atoms with Crippen LogP contribution in [0.4, 0.5) is 5.69 Å². The molecule has 0 aliphatic heterocycles. The van der Waals surface area contributed by atoms with Gasteiger partial charge in [-0.3, -0.25) is 24.2 Å². The Morgan fingerprint density at radius 1 is 1.15 bits per heavy atom. The molecule has 0 aliphatic carbocycles. The molecule has 33 heavy (non-hydrogen) atoms. The number of aromatic amines is 1. The van der Waals surface area contributed by atoms with E-state index >= 15 is 0 Å². The Labute approximate surface area is 186 Å². The fraction of sp³-hybridized carbons (Fsp3) is 0.182. The summed E-state index contributed by atoms with van der Waals surface area (Å²) in [7, 11) is 1.64. The molecule has 1 N–H and O–H groups in total. The Hall–Kier alpha value is -4.54. The quantitative estimate of drug-likeness (QED) is 0.197. The highest BCUT2D eigenvalue weighted by molar-refractivity contribution is 5.96. The van der Waals surface area contributed by atoms with Crippen LogP contribution >= 0.6 is 0 Å². The van der Waals surface area contributed by atoms with Crippen LogP contribution in [0.1, 0.15) is 16.8 Å². The largest absolute Gasteiger partial charge is 0.462 e. The highest BCUT2D eigenvalue weighted by Gasteiger charge is 2.19. The van der Waals surface area contributed by atoms with Crippen molar-refractivity contribution in [3.8, 4) is 11.3 Å². The van der Waals surface area contributed by atoms with Crippen molar-refractivity contribution < 1.29 is 14.5 Å². The van der Waals surface area contributed by atoms with Gasteiger partial charge in [0.15, 0.2) is 0 Å². The predicted octanol–water partition coefficient (Wildman–Crippen LogP) is 2.25. The Morgan fingerprint density at radius 2 is 1.88 bits per heavy atom. The topological polar surface area (TPSA) is 142 Å². The molecule has 0 fully saturated rings. The number of para-hydroxylation sites is 1. The summed E-state index contributed by atoms with van der Waals surface area (Å²) in [4.78, 5) is 50.4. The number of esters is 1. The molecule has 0 aliphatic rings. The molecule has 0 bridgehead atoms. The van der Waals surface area contributed by atoms with E-state index in [4.69, 9.17) is 4.74 Å². The van der Waals surface area contributed by atoms with Gasteiger partial charge in [-0.15, -0.1) is 0 Å². The Balaban J connectivity index is 1.44. The van der Waals surface area contributed by atoms with Crippen molar-refractivity contribution >= 4 is 22.6 Å². The number of nitrogens with one attached hydrogen (secondary N) is 1. The number of ether oxygens (including phenoxy) is 1. The summed E-state index contributed by atoms with van der Waals surface area (Å²) in [5.74, 6) is -0.628. The molecule has 168 valence electrons. The van der Waals surface area contributed by atoms with E-state index in [1.807, 2.05) is 0 Å². The number of nitrogens with zero attached hydrogens (tertiary/aromatic N) is 4. The van der Waals surface area contributed by atoms with Crippen molar-refractivity contribution in [3.05, 3.63) is 91.2 Å². The summed E-state index contributed by atoms with van der Waals surface area (Å²) in [6.07, 6.45) is 1.75. The van der Waals surface area contributed by atoms with Crippen molar-refractivity contribution in [2.24, 2.45) is 7.05 Å². The zero-order valence-corrected chi connectivity index (χ0v) is 17.6. The number of non-ortho nitro benzene ring substituents is 1. The lowest BCUT2D eigenvalue weighted by Crippen LogP contribution is -2.35. The molecule has 0 unspecified atom stereocenters. The van der Waals surface area contributed by atoms with Gasteiger partial charge in [0.1, 0.15) is 11.3 Å². The van der Waals surface area contributed by atoms with Gasteiger partial charge in [0, 0.05) is 37.5 Å². The number of fused-ring (bicyclic) bond motifs is 1. The molecule has 2 aromatic carbocycles. The average Bonchev–Trinajstić information content (AvgIpc) is 3.20. The van der Waals surface area contributed by atoms with E-state index in [2.05, 4.69) is 10.1 Å². The van der Waals surface area contributed by atoms with Gasteiger partial charge < -0.3 is 9.72 Å². The van der Waals surface area contributed by atoms with Gasteiger partial charge >= 0.3 is 11.7 Å². The van der Waals surface area contributed by atoms with E-state index in [1.165, 1.54) is 35.1 Å². The fourth-order valence-corrected chi connectivity index (χ4v) is 3.46. The second-order valence-corrected chi connectivity index (χ2v) is 7.29. The first-order valence-corrected chi connectivity index (χ1v) is 10.0. The molecule has 4 rings (SSSR count). The molecule has 0 spiro atoms. The van der Waals surface area contributed by atoms with Crippen molar-refractivity contribution in [2.45, 2.75) is 13.0 Å². The smallest absolute Gasteiger partial charge is 0.341 e. The molecular formula is C22H19N5O6. The molecule has 2 aromatic heterocycles. The molecule has 0 radical (unpaired) electrons. The van der Waals surface area contributed by atoms with Gasteiger partial charge in [-0.05, 0) is 30.7 Å². The number of rotatable bonds is 7. The molecular weight excluding hydrogens is 430 g/mol. The van der Waals surface area contributed by atoms with E-state index < -0.39 is 22.1 Å². The minimum absolute atomic E-state index is 0.0217. The third-order valence-electron chi connectivity index (χ3n) is 5.05. The maximum Gasteiger partial charge on any atom is 0.341 e. The lowest BCUT2D eigenvalue weighted by molar-refractivity contribution is -0.384. The Morgan fingerprint density at radius 3 is 2.61 bits per heavy atom. The zero-order valence-electron chi connectivity index (χ0n) is 17.6. The number of aromatic nitrogens is 4. The van der Waals surface area contributed by atoms with Crippen LogP contribution in [-0.2, 0) is 18.3 Å². The maximum absolute atomic E-state index is 12.6. The first-order valence-electron chi connectivity index (χ1n) is 10.0. The van der Waals surface area contributed by atoms with Crippen LogP contribution in [0.5, 0.6) is 0 Å². The summed E-state index contributed by atoms with van der Waals surface area (Å²) in [6, 6.07) is 12.4. The number of carbonyl (C=O) groups is 1. The number of carbonyl (C=O) groups excluding carboxylic acids is 1. The minimum Gasteiger partial charge on any atom is -0.462 e. The summed E-state index contributed by atoms with van der Waals surface area (Å²) < 4.78 is 7.84. The van der Waals surface area contributed by atoms with Gasteiger partial charge in [0.25, 0.3) is 11.2 Å². The minimum atomic E-state index is -0.628. The lowest BCUT2D eigenvalue weighted by atomic mass is 10.1. The number of aryl methyl sites for hydroxylation is 1. The fourth-order valence-electron chi connectivity index (χ4n) is 3.46. The molecule has 11 nitrogen and oxygen atoms in total.